The SMILES string of the molecule is CCCCCCCCCCCCCC/C=C\CCCCCCCCCCCCCC(O)C(=O)NC(COC1OC(CO)C(O)C(O)C1O)C(O)C(O)CCCCCCCCCC. The zero-order valence-corrected chi connectivity index (χ0v) is 39.9. The minimum Gasteiger partial charge on any atom is -0.394 e. The third-order valence-corrected chi connectivity index (χ3v) is 12.8. The molecule has 8 N–H and O–H groups in total. The van der Waals surface area contributed by atoms with Crippen molar-refractivity contribution < 1.29 is 50.0 Å². The second-order valence-corrected chi connectivity index (χ2v) is 18.6. The molecule has 1 fully saturated rings. The van der Waals surface area contributed by atoms with Crippen LogP contribution in [0.15, 0.2) is 12.2 Å². The molecule has 11 heteroatoms. The number of unbranched alkanes of at least 4 members (excludes halogenated alkanes) is 30. The van der Waals surface area contributed by atoms with Crippen LogP contribution in [-0.2, 0) is 14.3 Å². The maximum Gasteiger partial charge on any atom is 0.249 e. The van der Waals surface area contributed by atoms with Crippen LogP contribution in [0.2, 0.25) is 0 Å². The fourth-order valence-electron chi connectivity index (χ4n) is 8.50. The first-order valence-electron chi connectivity index (χ1n) is 26.1. The number of carbonyl (C=O) groups excluding carboxylic acids is 1. The van der Waals surface area contributed by atoms with Crippen LogP contribution in [0.4, 0.5) is 0 Å². The van der Waals surface area contributed by atoms with Gasteiger partial charge in [0.2, 0.25) is 5.91 Å². The van der Waals surface area contributed by atoms with E-state index in [1.165, 1.54) is 161 Å². The Morgan fingerprint density at radius 3 is 1.35 bits per heavy atom. The molecule has 1 aliphatic heterocycles. The number of allylic oxidation sites excluding steroid dienone is 2. The van der Waals surface area contributed by atoms with Crippen molar-refractivity contribution in [1.29, 1.82) is 0 Å². The first-order valence-corrected chi connectivity index (χ1v) is 26.1. The van der Waals surface area contributed by atoms with Crippen LogP contribution in [-0.4, -0.2) is 110 Å². The van der Waals surface area contributed by atoms with Gasteiger partial charge in [-0.25, -0.2) is 0 Å². The van der Waals surface area contributed by atoms with Crippen LogP contribution in [0, 0.1) is 0 Å². The summed E-state index contributed by atoms with van der Waals surface area (Å²) in [4.78, 5) is 13.1. The molecular weight excluding hydrogens is 787 g/mol. The minimum atomic E-state index is -1.66. The van der Waals surface area contributed by atoms with Crippen LogP contribution in [0.3, 0.4) is 0 Å². The summed E-state index contributed by atoms with van der Waals surface area (Å²) in [5, 5.41) is 75.5. The second kappa shape index (κ2) is 41.3. The van der Waals surface area contributed by atoms with Gasteiger partial charge in [0.05, 0.1) is 25.4 Å². The molecule has 62 heavy (non-hydrogen) atoms. The summed E-state index contributed by atoms with van der Waals surface area (Å²) in [7, 11) is 0. The van der Waals surface area contributed by atoms with Crippen molar-refractivity contribution in [2.24, 2.45) is 0 Å². The van der Waals surface area contributed by atoms with E-state index in [0.717, 1.165) is 38.5 Å². The number of nitrogens with one attached hydrogen (secondary N) is 1. The van der Waals surface area contributed by atoms with Crippen LogP contribution >= 0.6 is 0 Å². The van der Waals surface area contributed by atoms with E-state index in [4.69, 9.17) is 9.47 Å². The van der Waals surface area contributed by atoms with Gasteiger partial charge in [-0.2, -0.15) is 0 Å². The van der Waals surface area contributed by atoms with Gasteiger partial charge in [0.15, 0.2) is 6.29 Å². The van der Waals surface area contributed by atoms with E-state index in [-0.39, 0.29) is 6.42 Å². The molecule has 1 saturated heterocycles. The van der Waals surface area contributed by atoms with Crippen molar-refractivity contribution >= 4 is 5.91 Å². The Hall–Kier alpha value is -1.15. The first-order chi connectivity index (χ1) is 30.2. The summed E-state index contributed by atoms with van der Waals surface area (Å²) < 4.78 is 11.1. The molecule has 1 amide bonds. The highest BCUT2D eigenvalue weighted by Crippen LogP contribution is 2.23. The topological polar surface area (TPSA) is 189 Å². The second-order valence-electron chi connectivity index (χ2n) is 18.6. The zero-order valence-electron chi connectivity index (χ0n) is 39.9. The molecule has 0 aliphatic carbocycles. The molecule has 0 radical (unpaired) electrons. The van der Waals surface area contributed by atoms with Crippen molar-refractivity contribution in [2.75, 3.05) is 13.2 Å². The molecule has 0 spiro atoms. The maximum absolute atomic E-state index is 13.1. The van der Waals surface area contributed by atoms with Gasteiger partial charge in [-0.3, -0.25) is 4.79 Å². The standard InChI is InChI=1S/C51H99NO10/c1-3-5-7-9-11-13-14-15-16-17-18-19-20-21-22-23-24-25-26-27-28-29-30-31-33-35-37-39-44(55)50(60)52-42(41-61-51-49(59)48(58)47(57)45(40-53)62-51)46(56)43(54)38-36-34-32-12-10-8-6-4-2/h21-22,42-49,51,53-59H,3-20,23-41H2,1-2H3,(H,52,60)/b22-21-. The Balaban J connectivity index is 2.22. The average Bonchev–Trinajstić information content (AvgIpc) is 3.27. The van der Waals surface area contributed by atoms with Crippen molar-refractivity contribution in [1.82, 2.24) is 5.32 Å². The third kappa shape index (κ3) is 30.1. The van der Waals surface area contributed by atoms with Gasteiger partial charge in [-0.15, -0.1) is 0 Å². The third-order valence-electron chi connectivity index (χ3n) is 12.8. The van der Waals surface area contributed by atoms with E-state index >= 15 is 0 Å². The largest absolute Gasteiger partial charge is 0.394 e. The molecular formula is C51H99NO10. The van der Waals surface area contributed by atoms with Gasteiger partial charge in [-0.05, 0) is 38.5 Å². The quantitative estimate of drug-likeness (QED) is 0.0216. The summed E-state index contributed by atoms with van der Waals surface area (Å²) in [6.07, 6.45) is 34.4. The van der Waals surface area contributed by atoms with E-state index in [1.807, 2.05) is 0 Å². The number of hydrogen-bond donors (Lipinski definition) is 8. The Labute approximate surface area is 379 Å². The van der Waals surface area contributed by atoms with E-state index in [1.54, 1.807) is 0 Å². The molecule has 9 atom stereocenters. The predicted octanol–water partition coefficient (Wildman–Crippen LogP) is 9.62. The number of amides is 1. The Kier molecular flexibility index (Phi) is 39.2. The van der Waals surface area contributed by atoms with Gasteiger partial charge in [0, 0.05) is 0 Å². The highest BCUT2D eigenvalue weighted by atomic mass is 16.7. The zero-order chi connectivity index (χ0) is 45.5. The lowest BCUT2D eigenvalue weighted by atomic mass is 9.98. The number of ether oxygens (including phenoxy) is 2. The van der Waals surface area contributed by atoms with Gasteiger partial charge < -0.3 is 50.5 Å². The minimum absolute atomic E-state index is 0.262. The normalized spacial score (nSPS) is 21.3. The smallest absolute Gasteiger partial charge is 0.249 e. The van der Waals surface area contributed by atoms with Crippen molar-refractivity contribution in [3.63, 3.8) is 0 Å². The molecule has 11 nitrogen and oxygen atoms in total. The summed E-state index contributed by atoms with van der Waals surface area (Å²) >= 11 is 0. The monoisotopic (exact) mass is 886 g/mol. The summed E-state index contributed by atoms with van der Waals surface area (Å²) in [5.41, 5.74) is 0. The lowest BCUT2D eigenvalue weighted by molar-refractivity contribution is -0.303. The van der Waals surface area contributed by atoms with Gasteiger partial charge in [-0.1, -0.05) is 212 Å². The van der Waals surface area contributed by atoms with Crippen LogP contribution < -0.4 is 5.32 Å². The maximum atomic E-state index is 13.1. The molecule has 9 unspecified atom stereocenters. The van der Waals surface area contributed by atoms with Crippen molar-refractivity contribution in [2.45, 2.75) is 294 Å². The lowest BCUT2D eigenvalue weighted by Gasteiger charge is -2.40. The first kappa shape index (κ1) is 58.9. The Morgan fingerprint density at radius 1 is 0.548 bits per heavy atom. The number of aliphatic hydroxyl groups excluding tert-OH is 7. The molecule has 0 bridgehead atoms. The molecule has 368 valence electrons. The van der Waals surface area contributed by atoms with Gasteiger partial charge in [0.1, 0.15) is 36.6 Å². The Morgan fingerprint density at radius 2 is 0.935 bits per heavy atom. The number of aliphatic hydroxyl groups is 7. The predicted molar refractivity (Wildman–Crippen MR) is 252 cm³/mol. The van der Waals surface area contributed by atoms with E-state index in [9.17, 15) is 40.5 Å². The molecule has 0 aromatic heterocycles. The van der Waals surface area contributed by atoms with E-state index in [0.29, 0.717) is 19.3 Å². The molecule has 0 aromatic carbocycles. The fourth-order valence-corrected chi connectivity index (χ4v) is 8.50. The molecule has 0 aromatic rings. The Bertz CT molecular complexity index is 1020. The number of carbonyl (C=O) groups is 1. The fraction of sp³-hybridized carbons (Fsp3) is 0.941. The lowest BCUT2D eigenvalue weighted by Crippen LogP contribution is -2.60. The van der Waals surface area contributed by atoms with Crippen molar-refractivity contribution in [3.05, 3.63) is 12.2 Å². The van der Waals surface area contributed by atoms with Crippen LogP contribution in [0.1, 0.15) is 239 Å². The summed E-state index contributed by atoms with van der Waals surface area (Å²) in [5.74, 6) is -0.698. The highest BCUT2D eigenvalue weighted by Gasteiger charge is 2.44. The molecule has 1 rings (SSSR count). The van der Waals surface area contributed by atoms with Crippen LogP contribution in [0.25, 0.3) is 0 Å². The summed E-state index contributed by atoms with van der Waals surface area (Å²) in [6, 6.07) is -1.16. The highest BCUT2D eigenvalue weighted by molar-refractivity contribution is 5.80. The van der Waals surface area contributed by atoms with E-state index < -0.39 is 74.2 Å². The average molecular weight is 886 g/mol. The van der Waals surface area contributed by atoms with E-state index in [2.05, 4.69) is 31.3 Å². The van der Waals surface area contributed by atoms with Gasteiger partial charge >= 0.3 is 0 Å². The van der Waals surface area contributed by atoms with Crippen molar-refractivity contribution in [3.8, 4) is 0 Å². The van der Waals surface area contributed by atoms with Crippen LogP contribution in [0.5, 0.6) is 0 Å². The molecule has 1 heterocycles. The summed E-state index contributed by atoms with van der Waals surface area (Å²) in [6.45, 7) is 3.41. The number of hydrogen-bond acceptors (Lipinski definition) is 10. The molecule has 0 saturated carbocycles. The van der Waals surface area contributed by atoms with Gasteiger partial charge in [0.25, 0.3) is 0 Å². The molecule has 1 aliphatic rings. The number of rotatable bonds is 44.